The number of rotatable bonds is 7. The molecule has 4 heteroatoms. The standard InChI is InChI=1S/C22H26N4/c1-3-21-23-17-11-5-7-13-19(17)25(21)15-9-10-16-26-20-14-8-6-12-18(20)24-22(26)4-2/h5-8,11-14H,3-4,9-10,15-16H2,1-2H3/p+2. The van der Waals surface area contributed by atoms with E-state index in [4.69, 9.17) is 0 Å². The molecule has 0 aliphatic heterocycles. The van der Waals surface area contributed by atoms with Crippen LogP contribution < -0.4 is 9.13 Å². The normalized spacial score (nSPS) is 11.6. The molecule has 4 rings (SSSR count). The van der Waals surface area contributed by atoms with Crippen molar-refractivity contribution in [2.45, 2.75) is 52.6 Å². The summed E-state index contributed by atoms with van der Waals surface area (Å²) in [6.45, 7) is 6.57. The Morgan fingerprint density at radius 1 is 0.654 bits per heavy atom. The number of imidazole rings is 2. The fourth-order valence-corrected chi connectivity index (χ4v) is 3.98. The minimum absolute atomic E-state index is 1.03. The van der Waals surface area contributed by atoms with E-state index < -0.39 is 0 Å². The summed E-state index contributed by atoms with van der Waals surface area (Å²) in [4.78, 5) is 7.13. The third kappa shape index (κ3) is 3.00. The zero-order valence-corrected chi connectivity index (χ0v) is 15.8. The lowest BCUT2D eigenvalue weighted by Gasteiger charge is -2.03. The van der Waals surface area contributed by atoms with E-state index in [2.05, 4.69) is 81.5 Å². The van der Waals surface area contributed by atoms with E-state index in [1.54, 1.807) is 0 Å². The van der Waals surface area contributed by atoms with Gasteiger partial charge in [0.05, 0.1) is 13.1 Å². The Morgan fingerprint density at radius 2 is 1.08 bits per heavy atom. The highest BCUT2D eigenvalue weighted by Gasteiger charge is 2.18. The van der Waals surface area contributed by atoms with E-state index in [-0.39, 0.29) is 0 Å². The van der Waals surface area contributed by atoms with Crippen LogP contribution in [0.1, 0.15) is 38.3 Å². The van der Waals surface area contributed by atoms with Crippen LogP contribution in [0.2, 0.25) is 0 Å². The molecule has 0 unspecified atom stereocenters. The van der Waals surface area contributed by atoms with Crippen molar-refractivity contribution in [1.82, 2.24) is 9.97 Å². The summed E-state index contributed by atoms with van der Waals surface area (Å²) < 4.78 is 4.91. The fourth-order valence-electron chi connectivity index (χ4n) is 3.98. The van der Waals surface area contributed by atoms with Gasteiger partial charge >= 0.3 is 0 Å². The second-order valence-electron chi connectivity index (χ2n) is 6.90. The minimum Gasteiger partial charge on any atom is -0.241 e. The van der Waals surface area contributed by atoms with Crippen molar-refractivity contribution in [2.75, 3.05) is 0 Å². The van der Waals surface area contributed by atoms with Crippen LogP contribution in [0.4, 0.5) is 0 Å². The van der Waals surface area contributed by atoms with Crippen molar-refractivity contribution in [3.05, 3.63) is 60.2 Å². The number of hydrogen-bond donors (Lipinski definition) is 2. The number of unbranched alkanes of at least 4 members (excludes halogenated alkanes) is 1. The van der Waals surface area contributed by atoms with Crippen LogP contribution in [0.3, 0.4) is 0 Å². The van der Waals surface area contributed by atoms with E-state index in [0.29, 0.717) is 0 Å². The van der Waals surface area contributed by atoms with Crippen LogP contribution >= 0.6 is 0 Å². The quantitative estimate of drug-likeness (QED) is 0.376. The SMILES string of the molecule is CCc1[nH]c2ccccc2[n+]1CCCC[n+]1c(CC)[nH]c2ccccc21. The van der Waals surface area contributed by atoms with Crippen molar-refractivity contribution >= 4 is 22.1 Å². The lowest BCUT2D eigenvalue weighted by molar-refractivity contribution is -0.690. The molecule has 2 N–H and O–H groups in total. The van der Waals surface area contributed by atoms with Crippen LogP contribution in [0.25, 0.3) is 22.1 Å². The molecule has 0 fully saturated rings. The van der Waals surface area contributed by atoms with E-state index >= 15 is 0 Å². The minimum atomic E-state index is 1.03. The molecule has 0 saturated carbocycles. The summed E-state index contributed by atoms with van der Waals surface area (Å²) >= 11 is 0. The average Bonchev–Trinajstić information content (AvgIpc) is 3.23. The molecule has 26 heavy (non-hydrogen) atoms. The lowest BCUT2D eigenvalue weighted by Crippen LogP contribution is -2.39. The Balaban J connectivity index is 1.48. The van der Waals surface area contributed by atoms with E-state index in [0.717, 1.165) is 25.9 Å². The monoisotopic (exact) mass is 348 g/mol. The molecular formula is C22H28N4+2. The van der Waals surface area contributed by atoms with Gasteiger partial charge in [-0.2, -0.15) is 0 Å². The molecule has 0 amide bonds. The molecule has 4 aromatic rings. The summed E-state index contributed by atoms with van der Waals surface area (Å²) in [6.07, 6.45) is 4.42. The lowest BCUT2D eigenvalue weighted by atomic mass is 10.2. The summed E-state index contributed by atoms with van der Waals surface area (Å²) in [6, 6.07) is 17.2. The molecule has 0 radical (unpaired) electrons. The third-order valence-electron chi connectivity index (χ3n) is 5.28. The van der Waals surface area contributed by atoms with E-state index in [1.165, 1.54) is 46.6 Å². The number of nitrogens with one attached hydrogen (secondary N) is 2. The molecule has 0 atom stereocenters. The highest BCUT2D eigenvalue weighted by molar-refractivity contribution is 5.71. The highest BCUT2D eigenvalue weighted by atomic mass is 15.1. The first-order valence-electron chi connectivity index (χ1n) is 9.80. The van der Waals surface area contributed by atoms with Gasteiger partial charge in [0, 0.05) is 12.8 Å². The van der Waals surface area contributed by atoms with Crippen LogP contribution in [-0.4, -0.2) is 9.97 Å². The number of fused-ring (bicyclic) bond motifs is 2. The van der Waals surface area contributed by atoms with Crippen molar-refractivity contribution in [1.29, 1.82) is 0 Å². The summed E-state index contributed by atoms with van der Waals surface area (Å²) in [5.74, 6) is 2.64. The maximum absolute atomic E-state index is 3.56. The number of para-hydroxylation sites is 4. The number of nitrogens with zero attached hydrogens (tertiary/aromatic N) is 2. The Bertz CT molecular complexity index is 941. The zero-order chi connectivity index (χ0) is 17.9. The third-order valence-corrected chi connectivity index (χ3v) is 5.28. The van der Waals surface area contributed by atoms with Crippen molar-refractivity contribution in [3.63, 3.8) is 0 Å². The predicted octanol–water partition coefficient (Wildman–Crippen LogP) is 3.83. The van der Waals surface area contributed by atoms with E-state index in [1.807, 2.05) is 0 Å². The highest BCUT2D eigenvalue weighted by Crippen LogP contribution is 2.12. The van der Waals surface area contributed by atoms with Crippen molar-refractivity contribution in [3.8, 4) is 0 Å². The first-order chi connectivity index (χ1) is 12.8. The number of hydrogen-bond acceptors (Lipinski definition) is 0. The molecular weight excluding hydrogens is 320 g/mol. The van der Waals surface area contributed by atoms with Gasteiger partial charge in [-0.3, -0.25) is 0 Å². The molecule has 2 aromatic carbocycles. The topological polar surface area (TPSA) is 39.3 Å². The predicted molar refractivity (Wildman–Crippen MR) is 105 cm³/mol. The molecule has 2 aromatic heterocycles. The number of aromatic nitrogens is 4. The second kappa shape index (κ2) is 7.32. The molecule has 0 bridgehead atoms. The number of H-pyrrole nitrogens is 2. The van der Waals surface area contributed by atoms with Crippen molar-refractivity contribution in [2.24, 2.45) is 0 Å². The fraction of sp³-hybridized carbons (Fsp3) is 0.364. The maximum Gasteiger partial charge on any atom is 0.254 e. The molecule has 0 saturated heterocycles. The number of aryl methyl sites for hydroxylation is 4. The molecule has 0 spiro atoms. The molecule has 4 nitrogen and oxygen atoms in total. The number of aromatic amines is 2. The van der Waals surface area contributed by atoms with E-state index in [9.17, 15) is 0 Å². The van der Waals surface area contributed by atoms with Crippen LogP contribution in [0, 0.1) is 0 Å². The molecule has 134 valence electrons. The maximum atomic E-state index is 3.56. The Morgan fingerprint density at radius 3 is 1.50 bits per heavy atom. The van der Waals surface area contributed by atoms with Crippen LogP contribution in [0.5, 0.6) is 0 Å². The van der Waals surface area contributed by atoms with Gasteiger partial charge in [0.15, 0.2) is 22.1 Å². The summed E-state index contributed by atoms with van der Waals surface area (Å²) in [5.41, 5.74) is 5.11. The smallest absolute Gasteiger partial charge is 0.241 e. The van der Waals surface area contributed by atoms with Gasteiger partial charge in [-0.05, 0) is 37.1 Å². The number of benzene rings is 2. The second-order valence-corrected chi connectivity index (χ2v) is 6.90. The Hall–Kier alpha value is -2.62. The Kier molecular flexibility index (Phi) is 4.74. The zero-order valence-electron chi connectivity index (χ0n) is 15.8. The van der Waals surface area contributed by atoms with Crippen molar-refractivity contribution < 1.29 is 9.13 Å². The van der Waals surface area contributed by atoms with Gasteiger partial charge in [-0.25, -0.2) is 19.1 Å². The average molecular weight is 348 g/mol. The van der Waals surface area contributed by atoms with Gasteiger partial charge in [0.2, 0.25) is 0 Å². The first-order valence-corrected chi connectivity index (χ1v) is 9.80. The van der Waals surface area contributed by atoms with Crippen LogP contribution in [0.15, 0.2) is 48.5 Å². The molecule has 2 heterocycles. The van der Waals surface area contributed by atoms with Gasteiger partial charge in [-0.1, -0.05) is 38.1 Å². The first kappa shape index (κ1) is 16.8. The summed E-state index contributed by atoms with van der Waals surface area (Å²) in [5, 5.41) is 0. The van der Waals surface area contributed by atoms with Crippen LogP contribution in [-0.2, 0) is 25.9 Å². The van der Waals surface area contributed by atoms with Gasteiger partial charge in [-0.15, -0.1) is 0 Å². The molecule has 0 aliphatic carbocycles. The van der Waals surface area contributed by atoms with Gasteiger partial charge < -0.3 is 0 Å². The molecule has 0 aliphatic rings. The van der Waals surface area contributed by atoms with Gasteiger partial charge in [0.25, 0.3) is 11.6 Å². The largest absolute Gasteiger partial charge is 0.254 e. The van der Waals surface area contributed by atoms with Gasteiger partial charge in [0.1, 0.15) is 0 Å². The summed E-state index contributed by atoms with van der Waals surface area (Å²) in [7, 11) is 0. The Labute approximate surface area is 154 Å².